The molecule has 1 aliphatic rings. The minimum absolute atomic E-state index is 0.0262. The first kappa shape index (κ1) is 12.2. The maximum absolute atomic E-state index is 5.93. The van der Waals surface area contributed by atoms with Crippen LogP contribution in [0.1, 0.15) is 24.1 Å². The largest absolute Gasteiger partial charge is 0.297 e. The molecule has 0 spiro atoms. The van der Waals surface area contributed by atoms with Crippen LogP contribution in [0.15, 0.2) is 53.0 Å². The zero-order valence-corrected chi connectivity index (χ0v) is 12.3. The monoisotopic (exact) mass is 321 g/mol. The number of rotatable bonds is 2. The minimum Gasteiger partial charge on any atom is -0.297 e. The quantitative estimate of drug-likeness (QED) is 0.798. The van der Waals surface area contributed by atoms with Gasteiger partial charge in [0.2, 0.25) is 0 Å². The summed E-state index contributed by atoms with van der Waals surface area (Å²) >= 11 is 9.39. The van der Waals surface area contributed by atoms with E-state index in [9.17, 15) is 0 Å². The summed E-state index contributed by atoms with van der Waals surface area (Å²) in [4.78, 5) is 0. The lowest BCUT2D eigenvalue weighted by Gasteiger charge is -2.09. The van der Waals surface area contributed by atoms with Crippen LogP contribution in [0.2, 0.25) is 5.02 Å². The van der Waals surface area contributed by atoms with Crippen molar-refractivity contribution in [3.63, 3.8) is 0 Å². The Labute approximate surface area is 120 Å². The van der Waals surface area contributed by atoms with E-state index in [0.717, 1.165) is 9.50 Å². The van der Waals surface area contributed by atoms with Gasteiger partial charge in [0.1, 0.15) is 0 Å². The molecule has 0 amide bonds. The minimum atomic E-state index is 0.0262. The van der Waals surface area contributed by atoms with E-state index in [0.29, 0.717) is 6.04 Å². The number of halogens is 2. The molecule has 1 saturated heterocycles. The Balaban J connectivity index is 1.87. The van der Waals surface area contributed by atoms with Crippen LogP contribution in [0.3, 0.4) is 0 Å². The molecule has 1 N–H and O–H groups in total. The van der Waals surface area contributed by atoms with Crippen molar-refractivity contribution < 1.29 is 0 Å². The van der Waals surface area contributed by atoms with E-state index in [-0.39, 0.29) is 5.54 Å². The Morgan fingerprint density at radius 3 is 2.28 bits per heavy atom. The highest BCUT2D eigenvalue weighted by Crippen LogP contribution is 2.48. The molecule has 2 unspecified atom stereocenters. The van der Waals surface area contributed by atoms with Crippen molar-refractivity contribution >= 4 is 27.5 Å². The highest BCUT2D eigenvalue weighted by molar-refractivity contribution is 9.10. The lowest BCUT2D eigenvalue weighted by Crippen LogP contribution is -2.06. The second kappa shape index (κ2) is 4.37. The van der Waals surface area contributed by atoms with Gasteiger partial charge in [0.25, 0.3) is 0 Å². The summed E-state index contributed by atoms with van der Waals surface area (Å²) in [6, 6.07) is 16.9. The fourth-order valence-electron chi connectivity index (χ4n) is 2.38. The van der Waals surface area contributed by atoms with E-state index in [4.69, 9.17) is 11.6 Å². The average molecular weight is 323 g/mol. The van der Waals surface area contributed by atoms with Gasteiger partial charge in [0.05, 0.1) is 11.6 Å². The second-order valence-corrected chi connectivity index (χ2v) is 6.19. The van der Waals surface area contributed by atoms with Crippen molar-refractivity contribution in [3.05, 3.63) is 69.2 Å². The normalized spacial score (nSPS) is 26.1. The van der Waals surface area contributed by atoms with Crippen LogP contribution < -0.4 is 5.32 Å². The summed E-state index contributed by atoms with van der Waals surface area (Å²) in [7, 11) is 0. The summed E-state index contributed by atoms with van der Waals surface area (Å²) in [6.45, 7) is 2.23. The van der Waals surface area contributed by atoms with Crippen LogP contribution in [0.5, 0.6) is 0 Å². The molecule has 2 aromatic rings. The molecule has 0 saturated carbocycles. The predicted molar refractivity (Wildman–Crippen MR) is 78.8 cm³/mol. The van der Waals surface area contributed by atoms with Crippen molar-refractivity contribution in [1.29, 1.82) is 0 Å². The Hall–Kier alpha value is -0.830. The number of hydrogen-bond acceptors (Lipinski definition) is 1. The van der Waals surface area contributed by atoms with E-state index in [1.165, 1.54) is 11.1 Å². The van der Waals surface area contributed by atoms with E-state index in [1.807, 2.05) is 12.1 Å². The highest BCUT2D eigenvalue weighted by atomic mass is 79.9. The number of nitrogens with one attached hydrogen (secondary N) is 1. The van der Waals surface area contributed by atoms with Crippen LogP contribution in [-0.4, -0.2) is 0 Å². The lowest BCUT2D eigenvalue weighted by molar-refractivity contribution is 0.731. The summed E-state index contributed by atoms with van der Waals surface area (Å²) < 4.78 is 1.11. The maximum Gasteiger partial charge on any atom is 0.0609 e. The molecule has 2 aromatic carbocycles. The first-order chi connectivity index (χ1) is 8.59. The molecule has 92 valence electrons. The summed E-state index contributed by atoms with van der Waals surface area (Å²) in [5.41, 5.74) is 2.62. The number of benzene rings is 2. The van der Waals surface area contributed by atoms with Crippen LogP contribution in [0, 0.1) is 0 Å². The second-order valence-electron chi connectivity index (χ2n) is 4.84. The standard InChI is InChI=1S/C15H13BrClN/c1-15(11-4-8-13(17)9-5-11)14(18-15)10-2-6-12(16)7-3-10/h2-9,14,18H,1H3. The zero-order chi connectivity index (χ0) is 12.8. The van der Waals surface area contributed by atoms with Crippen LogP contribution in [0.25, 0.3) is 0 Å². The first-order valence-corrected chi connectivity index (χ1v) is 7.06. The molecule has 1 heterocycles. The third kappa shape index (κ3) is 2.09. The van der Waals surface area contributed by atoms with Crippen molar-refractivity contribution in [2.45, 2.75) is 18.5 Å². The molecular weight excluding hydrogens is 310 g/mol. The Bertz CT molecular complexity index is 564. The molecule has 0 aliphatic carbocycles. The maximum atomic E-state index is 5.93. The zero-order valence-electron chi connectivity index (χ0n) is 9.95. The Morgan fingerprint density at radius 1 is 1.06 bits per heavy atom. The van der Waals surface area contributed by atoms with E-state index >= 15 is 0 Å². The summed E-state index contributed by atoms with van der Waals surface area (Å²) in [5.74, 6) is 0. The summed E-state index contributed by atoms with van der Waals surface area (Å²) in [6.07, 6.45) is 0. The van der Waals surface area contributed by atoms with Gasteiger partial charge in [0, 0.05) is 9.50 Å². The molecule has 1 aliphatic heterocycles. The van der Waals surface area contributed by atoms with Gasteiger partial charge in [-0.1, -0.05) is 51.8 Å². The van der Waals surface area contributed by atoms with Gasteiger partial charge < -0.3 is 0 Å². The van der Waals surface area contributed by atoms with Gasteiger partial charge >= 0.3 is 0 Å². The molecule has 0 aromatic heterocycles. The molecule has 3 rings (SSSR count). The van der Waals surface area contributed by atoms with Crippen molar-refractivity contribution in [1.82, 2.24) is 5.32 Å². The van der Waals surface area contributed by atoms with E-state index in [2.05, 4.69) is 64.6 Å². The van der Waals surface area contributed by atoms with E-state index < -0.39 is 0 Å². The van der Waals surface area contributed by atoms with Crippen molar-refractivity contribution in [3.8, 4) is 0 Å². The van der Waals surface area contributed by atoms with Crippen LogP contribution >= 0.6 is 27.5 Å². The molecule has 2 atom stereocenters. The van der Waals surface area contributed by atoms with Crippen LogP contribution in [0.4, 0.5) is 0 Å². The van der Waals surface area contributed by atoms with Gasteiger partial charge in [0.15, 0.2) is 0 Å². The smallest absolute Gasteiger partial charge is 0.0609 e. The lowest BCUT2D eigenvalue weighted by atomic mass is 9.93. The molecule has 0 bridgehead atoms. The van der Waals surface area contributed by atoms with Gasteiger partial charge in [-0.25, -0.2) is 0 Å². The topological polar surface area (TPSA) is 21.9 Å². The molecule has 0 radical (unpaired) electrons. The summed E-state index contributed by atoms with van der Waals surface area (Å²) in [5, 5.41) is 4.34. The third-order valence-corrected chi connectivity index (χ3v) is 4.37. The van der Waals surface area contributed by atoms with Crippen LogP contribution in [-0.2, 0) is 5.54 Å². The fraction of sp³-hybridized carbons (Fsp3) is 0.200. The third-order valence-electron chi connectivity index (χ3n) is 3.59. The first-order valence-electron chi connectivity index (χ1n) is 5.89. The molecule has 18 heavy (non-hydrogen) atoms. The number of hydrogen-bond donors (Lipinski definition) is 1. The molecular formula is C15H13BrClN. The Morgan fingerprint density at radius 2 is 1.67 bits per heavy atom. The predicted octanol–water partition coefficient (Wildman–Crippen LogP) is 4.66. The fourth-order valence-corrected chi connectivity index (χ4v) is 2.77. The average Bonchev–Trinajstić information content (AvgIpc) is 3.04. The molecule has 3 heteroatoms. The molecule has 1 fully saturated rings. The highest BCUT2D eigenvalue weighted by Gasteiger charge is 2.51. The van der Waals surface area contributed by atoms with Gasteiger partial charge in [-0.2, -0.15) is 0 Å². The van der Waals surface area contributed by atoms with Crippen molar-refractivity contribution in [2.75, 3.05) is 0 Å². The van der Waals surface area contributed by atoms with Gasteiger partial charge in [-0.15, -0.1) is 0 Å². The molecule has 1 nitrogen and oxygen atoms in total. The SMILES string of the molecule is CC1(c2ccc(Cl)cc2)NC1c1ccc(Br)cc1. The van der Waals surface area contributed by atoms with Crippen molar-refractivity contribution in [2.24, 2.45) is 0 Å². The van der Waals surface area contributed by atoms with E-state index in [1.54, 1.807) is 0 Å². The Kier molecular flexibility index (Phi) is 2.97. The van der Waals surface area contributed by atoms with Gasteiger partial charge in [-0.05, 0) is 42.3 Å². The van der Waals surface area contributed by atoms with Gasteiger partial charge in [-0.3, -0.25) is 5.32 Å².